The standard InChI is InChI=1S/C27H30N2O5/c1-15(10-25(30)29-24-13-16-11-17(26(31)32)12-22(16)24)28-27(33)34-14-23-20-8-4-2-6-18(20)19-7-3-5-9-21(19)23/h2-9,15-17,22-24H,10-14H2,1H3,(H,28,33)(H,29,30)(H,31,32)/t15?,16-,17?,22-,24+/m1/s1. The van der Waals surface area contributed by atoms with E-state index in [1.807, 2.05) is 24.3 Å². The number of nitrogens with one attached hydrogen (secondary N) is 2. The summed E-state index contributed by atoms with van der Waals surface area (Å²) in [4.78, 5) is 36.1. The summed E-state index contributed by atoms with van der Waals surface area (Å²) < 4.78 is 5.56. The highest BCUT2D eigenvalue weighted by molar-refractivity contribution is 5.80. The molecule has 0 aliphatic heterocycles. The molecule has 178 valence electrons. The molecule has 3 aliphatic carbocycles. The molecule has 0 spiro atoms. The third-order valence-corrected chi connectivity index (χ3v) is 7.72. The molecule has 2 aromatic rings. The molecule has 0 saturated heterocycles. The van der Waals surface area contributed by atoms with Crippen LogP contribution in [-0.4, -0.2) is 41.8 Å². The van der Waals surface area contributed by atoms with E-state index in [1.54, 1.807) is 6.92 Å². The second-order valence-corrected chi connectivity index (χ2v) is 9.92. The smallest absolute Gasteiger partial charge is 0.407 e. The first-order valence-corrected chi connectivity index (χ1v) is 12.0. The van der Waals surface area contributed by atoms with Gasteiger partial charge in [0.25, 0.3) is 0 Å². The molecule has 0 heterocycles. The first kappa shape index (κ1) is 22.4. The molecule has 2 aromatic carbocycles. The zero-order chi connectivity index (χ0) is 23.8. The van der Waals surface area contributed by atoms with E-state index in [1.165, 1.54) is 11.1 Å². The number of hydrogen-bond donors (Lipinski definition) is 3. The maximum atomic E-state index is 12.5. The Morgan fingerprint density at radius 3 is 2.29 bits per heavy atom. The van der Waals surface area contributed by atoms with Gasteiger partial charge in [0.15, 0.2) is 0 Å². The summed E-state index contributed by atoms with van der Waals surface area (Å²) in [5, 5.41) is 15.0. The average molecular weight is 463 g/mol. The van der Waals surface area contributed by atoms with E-state index >= 15 is 0 Å². The fourth-order valence-electron chi connectivity index (χ4n) is 6.03. The molecule has 2 saturated carbocycles. The van der Waals surface area contributed by atoms with Crippen LogP contribution < -0.4 is 10.6 Å². The number of hydrogen-bond acceptors (Lipinski definition) is 4. The lowest BCUT2D eigenvalue weighted by Crippen LogP contribution is -2.51. The molecule has 0 radical (unpaired) electrons. The third-order valence-electron chi connectivity index (χ3n) is 7.72. The molecule has 7 nitrogen and oxygen atoms in total. The topological polar surface area (TPSA) is 105 Å². The zero-order valence-corrected chi connectivity index (χ0v) is 19.2. The minimum atomic E-state index is -0.736. The van der Waals surface area contributed by atoms with Gasteiger partial charge in [0, 0.05) is 24.4 Å². The predicted molar refractivity (Wildman–Crippen MR) is 126 cm³/mol. The SMILES string of the molecule is CC(CC(=O)N[C@H]1C[C@H]2CC(C(=O)O)C[C@H]21)NC(=O)OCC1c2ccccc2-c2ccccc21. The van der Waals surface area contributed by atoms with Crippen LogP contribution in [0.15, 0.2) is 48.5 Å². The Morgan fingerprint density at radius 2 is 1.65 bits per heavy atom. The van der Waals surface area contributed by atoms with Gasteiger partial charge in [-0.15, -0.1) is 0 Å². The van der Waals surface area contributed by atoms with Gasteiger partial charge in [-0.1, -0.05) is 48.5 Å². The average Bonchev–Trinajstić information content (AvgIpc) is 3.31. The molecule has 0 aromatic heterocycles. The molecule has 34 heavy (non-hydrogen) atoms. The van der Waals surface area contributed by atoms with Gasteiger partial charge in [0.05, 0.1) is 5.92 Å². The lowest BCUT2D eigenvalue weighted by atomic mass is 9.71. The Hall–Kier alpha value is -3.35. The molecule has 0 bridgehead atoms. The van der Waals surface area contributed by atoms with Gasteiger partial charge >= 0.3 is 12.1 Å². The minimum absolute atomic E-state index is 0.00985. The fraction of sp³-hybridized carbons (Fsp3) is 0.444. The minimum Gasteiger partial charge on any atom is -0.481 e. The van der Waals surface area contributed by atoms with Gasteiger partial charge in [-0.2, -0.15) is 0 Å². The molecular weight excluding hydrogens is 432 g/mol. The van der Waals surface area contributed by atoms with E-state index in [9.17, 15) is 19.5 Å². The van der Waals surface area contributed by atoms with Crippen LogP contribution in [0.2, 0.25) is 0 Å². The Morgan fingerprint density at radius 1 is 1.00 bits per heavy atom. The van der Waals surface area contributed by atoms with Crippen LogP contribution in [0.3, 0.4) is 0 Å². The normalized spacial score (nSPS) is 25.3. The largest absolute Gasteiger partial charge is 0.481 e. The van der Waals surface area contributed by atoms with Crippen LogP contribution in [0.4, 0.5) is 4.79 Å². The number of amides is 2. The van der Waals surface area contributed by atoms with Crippen molar-refractivity contribution in [3.05, 3.63) is 59.7 Å². The van der Waals surface area contributed by atoms with Gasteiger partial charge in [-0.25, -0.2) is 4.79 Å². The predicted octanol–water partition coefficient (Wildman–Crippen LogP) is 3.92. The monoisotopic (exact) mass is 462 g/mol. The van der Waals surface area contributed by atoms with Crippen molar-refractivity contribution in [3.8, 4) is 11.1 Å². The quantitative estimate of drug-likeness (QED) is 0.579. The van der Waals surface area contributed by atoms with Crippen LogP contribution in [-0.2, 0) is 14.3 Å². The van der Waals surface area contributed by atoms with Crippen LogP contribution in [0.1, 0.15) is 49.7 Å². The molecular formula is C27H30N2O5. The molecule has 7 heteroatoms. The molecule has 3 N–H and O–H groups in total. The van der Waals surface area contributed by atoms with Crippen molar-refractivity contribution in [2.45, 2.75) is 50.6 Å². The lowest BCUT2D eigenvalue weighted by molar-refractivity contribution is -0.141. The third kappa shape index (κ3) is 4.27. The van der Waals surface area contributed by atoms with Crippen molar-refractivity contribution >= 4 is 18.0 Å². The van der Waals surface area contributed by atoms with Crippen LogP contribution in [0, 0.1) is 17.8 Å². The number of fused-ring (bicyclic) bond motifs is 4. The maximum Gasteiger partial charge on any atom is 0.407 e. The number of carboxylic acids is 1. The van der Waals surface area contributed by atoms with Crippen molar-refractivity contribution in [2.24, 2.45) is 17.8 Å². The van der Waals surface area contributed by atoms with Gasteiger partial charge < -0.3 is 20.5 Å². The summed E-state index contributed by atoms with van der Waals surface area (Å²) in [6, 6.07) is 16.0. The van der Waals surface area contributed by atoms with Gasteiger partial charge in [-0.05, 0) is 60.3 Å². The highest BCUT2D eigenvalue weighted by atomic mass is 16.5. The van der Waals surface area contributed by atoms with Crippen molar-refractivity contribution in [2.75, 3.05) is 6.61 Å². The summed E-state index contributed by atoms with van der Waals surface area (Å²) in [7, 11) is 0. The summed E-state index contributed by atoms with van der Waals surface area (Å²) in [5.74, 6) is -0.497. The summed E-state index contributed by atoms with van der Waals surface area (Å²) >= 11 is 0. The fourth-order valence-corrected chi connectivity index (χ4v) is 6.03. The zero-order valence-electron chi connectivity index (χ0n) is 19.2. The number of ether oxygens (including phenoxy) is 1. The molecule has 2 unspecified atom stereocenters. The molecule has 5 atom stereocenters. The lowest BCUT2D eigenvalue weighted by Gasteiger charge is -2.41. The van der Waals surface area contributed by atoms with E-state index < -0.39 is 12.1 Å². The number of alkyl carbamates (subject to hydrolysis) is 1. The first-order chi connectivity index (χ1) is 16.4. The Bertz CT molecular complexity index is 1070. The molecule has 5 rings (SSSR count). The second kappa shape index (κ2) is 9.12. The molecule has 2 amide bonds. The Balaban J connectivity index is 1.09. The highest BCUT2D eigenvalue weighted by Crippen LogP contribution is 2.49. The maximum absolute atomic E-state index is 12.5. The summed E-state index contributed by atoms with van der Waals surface area (Å²) in [6.45, 7) is 2.01. The number of benzene rings is 2. The van der Waals surface area contributed by atoms with Crippen molar-refractivity contribution < 1.29 is 24.2 Å². The number of aliphatic carboxylic acids is 1. The Kier molecular flexibility index (Phi) is 6.02. The Labute approximate surface area is 198 Å². The highest BCUT2D eigenvalue weighted by Gasteiger charge is 2.49. The summed E-state index contributed by atoms with van der Waals surface area (Å²) in [5.41, 5.74) is 4.65. The summed E-state index contributed by atoms with van der Waals surface area (Å²) in [6.07, 6.45) is 1.81. The second-order valence-electron chi connectivity index (χ2n) is 9.92. The van der Waals surface area contributed by atoms with E-state index in [4.69, 9.17) is 4.74 Å². The van der Waals surface area contributed by atoms with Crippen molar-refractivity contribution in [1.29, 1.82) is 0 Å². The number of rotatable bonds is 7. The van der Waals surface area contributed by atoms with E-state index in [0.29, 0.717) is 18.8 Å². The van der Waals surface area contributed by atoms with Crippen molar-refractivity contribution in [3.63, 3.8) is 0 Å². The number of carboxylic acid groups (broad SMARTS) is 1. The van der Waals surface area contributed by atoms with Crippen LogP contribution >= 0.6 is 0 Å². The molecule has 3 aliphatic rings. The number of carbonyl (C=O) groups is 3. The van der Waals surface area contributed by atoms with Gasteiger partial charge in [-0.3, -0.25) is 9.59 Å². The van der Waals surface area contributed by atoms with E-state index in [2.05, 4.69) is 34.9 Å². The number of carbonyl (C=O) groups excluding carboxylic acids is 2. The van der Waals surface area contributed by atoms with E-state index in [-0.39, 0.29) is 48.8 Å². The van der Waals surface area contributed by atoms with Gasteiger partial charge in [0.1, 0.15) is 6.61 Å². The van der Waals surface area contributed by atoms with Crippen molar-refractivity contribution in [1.82, 2.24) is 10.6 Å². The van der Waals surface area contributed by atoms with Crippen LogP contribution in [0.5, 0.6) is 0 Å². The first-order valence-electron chi connectivity index (χ1n) is 12.0. The molecule has 2 fully saturated rings. The van der Waals surface area contributed by atoms with Gasteiger partial charge in [0.2, 0.25) is 5.91 Å². The van der Waals surface area contributed by atoms with Crippen LogP contribution in [0.25, 0.3) is 11.1 Å². The van der Waals surface area contributed by atoms with E-state index in [0.717, 1.165) is 17.5 Å².